The van der Waals surface area contributed by atoms with Crippen LogP contribution in [-0.2, 0) is 22.6 Å². The Morgan fingerprint density at radius 2 is 1.58 bits per heavy atom. The summed E-state index contributed by atoms with van der Waals surface area (Å²) in [6, 6.07) is 25.9. The molecule has 0 bridgehead atoms. The van der Waals surface area contributed by atoms with Crippen LogP contribution in [0.1, 0.15) is 27.0 Å². The molecule has 0 spiro atoms. The molecule has 3 aromatic rings. The van der Waals surface area contributed by atoms with E-state index in [1.165, 1.54) is 18.2 Å². The number of methoxy groups -OCH3 is 1. The van der Waals surface area contributed by atoms with Gasteiger partial charge in [-0.3, -0.25) is 9.59 Å². The van der Waals surface area contributed by atoms with Gasteiger partial charge in [0, 0.05) is 18.7 Å². The highest BCUT2D eigenvalue weighted by Crippen LogP contribution is 2.21. The zero-order chi connectivity index (χ0) is 21.6. The van der Waals surface area contributed by atoms with Gasteiger partial charge in [0.2, 0.25) is 0 Å². The van der Waals surface area contributed by atoms with Crippen LogP contribution in [0.5, 0.6) is 5.75 Å². The maximum absolute atomic E-state index is 12.5. The van der Waals surface area contributed by atoms with E-state index in [-0.39, 0.29) is 17.8 Å². The van der Waals surface area contributed by atoms with Crippen LogP contribution in [-0.4, -0.2) is 37.0 Å². The molecule has 0 unspecified atom stereocenters. The van der Waals surface area contributed by atoms with Gasteiger partial charge < -0.3 is 14.4 Å². The van der Waals surface area contributed by atoms with Crippen molar-refractivity contribution in [1.29, 1.82) is 0 Å². The minimum Gasteiger partial charge on any atom is -0.489 e. The number of nitrogens with zero attached hydrogens (tertiary/aromatic N) is 1. The third-order valence-corrected chi connectivity index (χ3v) is 5.46. The predicted molar refractivity (Wildman–Crippen MR) is 118 cm³/mol. The van der Waals surface area contributed by atoms with Gasteiger partial charge in [-0.1, -0.05) is 54.6 Å². The van der Waals surface area contributed by atoms with Gasteiger partial charge in [0.05, 0.1) is 13.0 Å². The number of amides is 1. The van der Waals surface area contributed by atoms with E-state index in [1.807, 2.05) is 42.5 Å². The molecule has 1 heterocycles. The summed E-state index contributed by atoms with van der Waals surface area (Å²) in [7, 11) is 1.37. The molecule has 31 heavy (non-hydrogen) atoms. The average molecular weight is 415 g/mol. The number of rotatable bonds is 7. The van der Waals surface area contributed by atoms with Gasteiger partial charge in [-0.05, 0) is 47.4 Å². The van der Waals surface area contributed by atoms with Crippen molar-refractivity contribution >= 4 is 11.9 Å². The largest absolute Gasteiger partial charge is 0.489 e. The van der Waals surface area contributed by atoms with Crippen LogP contribution in [0.25, 0.3) is 0 Å². The topological polar surface area (TPSA) is 55.8 Å². The summed E-state index contributed by atoms with van der Waals surface area (Å²) in [5.41, 5.74) is 4.06. The van der Waals surface area contributed by atoms with Crippen LogP contribution in [0.4, 0.5) is 0 Å². The fourth-order valence-corrected chi connectivity index (χ4v) is 3.63. The van der Waals surface area contributed by atoms with Crippen LogP contribution in [0, 0.1) is 5.92 Å². The maximum atomic E-state index is 12.5. The average Bonchev–Trinajstić information content (AvgIpc) is 2.78. The van der Waals surface area contributed by atoms with Crippen molar-refractivity contribution in [1.82, 2.24) is 4.90 Å². The first-order valence-corrected chi connectivity index (χ1v) is 10.3. The Morgan fingerprint density at radius 3 is 2.29 bits per heavy atom. The van der Waals surface area contributed by atoms with E-state index in [1.54, 1.807) is 17.0 Å². The summed E-state index contributed by atoms with van der Waals surface area (Å²) in [6.45, 7) is 1.25. The molecule has 0 N–H and O–H groups in total. The summed E-state index contributed by atoms with van der Waals surface area (Å²) < 4.78 is 10.7. The number of likely N-dealkylation sites (tertiary alicyclic amines) is 1. The van der Waals surface area contributed by atoms with Gasteiger partial charge >= 0.3 is 5.97 Å². The first-order valence-electron chi connectivity index (χ1n) is 10.3. The van der Waals surface area contributed by atoms with Crippen molar-refractivity contribution in [2.75, 3.05) is 20.2 Å². The first kappa shape index (κ1) is 20.7. The molecule has 1 saturated heterocycles. The van der Waals surface area contributed by atoms with E-state index in [9.17, 15) is 9.59 Å². The minimum absolute atomic E-state index is 0.0683. The van der Waals surface area contributed by atoms with Crippen molar-refractivity contribution in [3.8, 4) is 5.75 Å². The molecule has 0 aromatic heterocycles. The van der Waals surface area contributed by atoms with Crippen LogP contribution in [0.15, 0.2) is 78.9 Å². The van der Waals surface area contributed by atoms with E-state index >= 15 is 0 Å². The maximum Gasteiger partial charge on any atom is 0.312 e. The van der Waals surface area contributed by atoms with E-state index in [0.29, 0.717) is 25.3 Å². The minimum atomic E-state index is -0.260. The molecule has 0 atom stereocenters. The SMILES string of the molecule is COC(=O)C1CN(C(=O)c2ccc(COc3cccc(Cc4ccccc4)c3)cc2)C1. The van der Waals surface area contributed by atoms with Gasteiger partial charge in [-0.2, -0.15) is 0 Å². The third kappa shape index (κ3) is 5.12. The molecule has 1 aliphatic heterocycles. The Hall–Kier alpha value is -3.60. The van der Waals surface area contributed by atoms with Crippen molar-refractivity contribution < 1.29 is 19.1 Å². The number of esters is 1. The van der Waals surface area contributed by atoms with E-state index in [2.05, 4.69) is 24.3 Å². The molecule has 3 aromatic carbocycles. The Balaban J connectivity index is 1.30. The summed E-state index contributed by atoms with van der Waals surface area (Å²) in [4.78, 5) is 25.6. The smallest absolute Gasteiger partial charge is 0.312 e. The molecule has 4 rings (SSSR count). The number of ether oxygens (including phenoxy) is 2. The van der Waals surface area contributed by atoms with Crippen LogP contribution < -0.4 is 4.74 Å². The summed E-state index contributed by atoms with van der Waals surface area (Å²) in [5.74, 6) is 0.285. The lowest BCUT2D eigenvalue weighted by Gasteiger charge is -2.37. The van der Waals surface area contributed by atoms with E-state index in [0.717, 1.165) is 17.7 Å². The highest BCUT2D eigenvalue weighted by molar-refractivity contribution is 5.95. The lowest BCUT2D eigenvalue weighted by atomic mass is 9.99. The highest BCUT2D eigenvalue weighted by atomic mass is 16.5. The molecule has 0 saturated carbocycles. The molecular weight excluding hydrogens is 390 g/mol. The second-order valence-corrected chi connectivity index (χ2v) is 7.73. The summed E-state index contributed by atoms with van der Waals surface area (Å²) >= 11 is 0. The normalized spacial score (nSPS) is 13.4. The molecular formula is C26H25NO4. The fourth-order valence-electron chi connectivity index (χ4n) is 3.63. The number of hydrogen-bond acceptors (Lipinski definition) is 4. The molecule has 1 aliphatic rings. The first-order chi connectivity index (χ1) is 15.1. The quantitative estimate of drug-likeness (QED) is 0.545. The lowest BCUT2D eigenvalue weighted by molar-refractivity contribution is -0.149. The van der Waals surface area contributed by atoms with Crippen molar-refractivity contribution in [2.45, 2.75) is 13.0 Å². The second-order valence-electron chi connectivity index (χ2n) is 7.73. The number of benzene rings is 3. The number of hydrogen-bond donors (Lipinski definition) is 0. The van der Waals surface area contributed by atoms with Crippen LogP contribution >= 0.6 is 0 Å². The summed E-state index contributed by atoms with van der Waals surface area (Å²) in [6.07, 6.45) is 0.863. The molecule has 0 aliphatic carbocycles. The Morgan fingerprint density at radius 1 is 0.871 bits per heavy atom. The monoisotopic (exact) mass is 415 g/mol. The number of carbonyl (C=O) groups excluding carboxylic acids is 2. The lowest BCUT2D eigenvalue weighted by Crippen LogP contribution is -2.53. The standard InChI is InChI=1S/C26H25NO4/c1-30-26(29)23-16-27(17-23)25(28)22-12-10-20(11-13-22)18-31-24-9-5-8-21(15-24)14-19-6-3-2-4-7-19/h2-13,15,23H,14,16-18H2,1H3. The van der Waals surface area contributed by atoms with E-state index in [4.69, 9.17) is 9.47 Å². The fraction of sp³-hybridized carbons (Fsp3) is 0.231. The predicted octanol–water partition coefficient (Wildman–Crippen LogP) is 4.10. The molecule has 0 radical (unpaired) electrons. The van der Waals surface area contributed by atoms with Crippen LogP contribution in [0.3, 0.4) is 0 Å². The second kappa shape index (κ2) is 9.47. The van der Waals surface area contributed by atoms with Crippen molar-refractivity contribution in [2.24, 2.45) is 5.92 Å². The molecule has 158 valence electrons. The Kier molecular flexibility index (Phi) is 6.32. The molecule has 5 nitrogen and oxygen atoms in total. The van der Waals surface area contributed by atoms with Gasteiger partial charge in [-0.25, -0.2) is 0 Å². The third-order valence-electron chi connectivity index (χ3n) is 5.46. The highest BCUT2D eigenvalue weighted by Gasteiger charge is 2.36. The van der Waals surface area contributed by atoms with Crippen LogP contribution in [0.2, 0.25) is 0 Å². The zero-order valence-electron chi connectivity index (χ0n) is 17.5. The zero-order valence-corrected chi connectivity index (χ0v) is 17.5. The van der Waals surface area contributed by atoms with Gasteiger partial charge in [0.1, 0.15) is 12.4 Å². The molecule has 1 fully saturated rings. The summed E-state index contributed by atoms with van der Waals surface area (Å²) in [5, 5.41) is 0. The van der Waals surface area contributed by atoms with Crippen molar-refractivity contribution in [3.05, 3.63) is 101 Å². The molecule has 1 amide bonds. The number of carbonyl (C=O) groups is 2. The Labute approximate surface area is 182 Å². The van der Waals surface area contributed by atoms with E-state index < -0.39 is 0 Å². The molecule has 5 heteroatoms. The Bertz CT molecular complexity index is 1040. The van der Waals surface area contributed by atoms with Gasteiger partial charge in [0.25, 0.3) is 5.91 Å². The van der Waals surface area contributed by atoms with Crippen molar-refractivity contribution in [3.63, 3.8) is 0 Å². The van der Waals surface area contributed by atoms with Gasteiger partial charge in [0.15, 0.2) is 0 Å². The van der Waals surface area contributed by atoms with Gasteiger partial charge in [-0.15, -0.1) is 0 Å².